The Morgan fingerprint density at radius 2 is 2.11 bits per heavy atom. The molecule has 9 heteroatoms. The van der Waals surface area contributed by atoms with Gasteiger partial charge in [0.1, 0.15) is 12.4 Å². The number of hydrogen-bond acceptors (Lipinski definition) is 5. The van der Waals surface area contributed by atoms with Gasteiger partial charge in [-0.15, -0.1) is 0 Å². The standard InChI is InChI=1S/C10H11F3N6/c1-6-4-8(17-14)16-9(15-6)5-19-3-2-7(18-19)10(11,12)13/h2-4H,5,14H2,1H3,(H,15,16,17). The number of anilines is 1. The second-order valence-corrected chi connectivity index (χ2v) is 3.85. The van der Waals surface area contributed by atoms with E-state index < -0.39 is 11.9 Å². The topological polar surface area (TPSA) is 81.6 Å². The van der Waals surface area contributed by atoms with Gasteiger partial charge < -0.3 is 5.43 Å². The molecule has 0 aromatic carbocycles. The van der Waals surface area contributed by atoms with Gasteiger partial charge in [0.25, 0.3) is 0 Å². The summed E-state index contributed by atoms with van der Waals surface area (Å²) in [6.07, 6.45) is -3.23. The van der Waals surface area contributed by atoms with Gasteiger partial charge in [0.2, 0.25) is 0 Å². The van der Waals surface area contributed by atoms with E-state index in [4.69, 9.17) is 5.84 Å². The van der Waals surface area contributed by atoms with Crippen molar-refractivity contribution < 1.29 is 13.2 Å². The fourth-order valence-electron chi connectivity index (χ4n) is 1.52. The second-order valence-electron chi connectivity index (χ2n) is 3.85. The van der Waals surface area contributed by atoms with Crippen molar-refractivity contribution in [2.24, 2.45) is 5.84 Å². The minimum absolute atomic E-state index is 0.0342. The first-order valence-corrected chi connectivity index (χ1v) is 5.30. The predicted molar refractivity (Wildman–Crippen MR) is 60.9 cm³/mol. The van der Waals surface area contributed by atoms with Crippen LogP contribution in [0.25, 0.3) is 0 Å². The molecule has 0 unspecified atom stereocenters. The molecule has 0 radical (unpaired) electrons. The van der Waals surface area contributed by atoms with Gasteiger partial charge in [0.05, 0.1) is 0 Å². The van der Waals surface area contributed by atoms with Crippen molar-refractivity contribution in [3.05, 3.63) is 35.5 Å². The fraction of sp³-hybridized carbons (Fsp3) is 0.300. The van der Waals surface area contributed by atoms with Gasteiger partial charge in [-0.05, 0) is 13.0 Å². The molecule has 102 valence electrons. The van der Waals surface area contributed by atoms with E-state index in [-0.39, 0.29) is 6.54 Å². The van der Waals surface area contributed by atoms with Crippen LogP contribution in [0.4, 0.5) is 19.0 Å². The quantitative estimate of drug-likeness (QED) is 0.650. The minimum atomic E-state index is -4.46. The average Bonchev–Trinajstić information content (AvgIpc) is 2.76. The van der Waals surface area contributed by atoms with E-state index >= 15 is 0 Å². The summed E-state index contributed by atoms with van der Waals surface area (Å²) in [6.45, 7) is 1.77. The van der Waals surface area contributed by atoms with Gasteiger partial charge in [-0.2, -0.15) is 18.3 Å². The molecule has 0 fully saturated rings. The van der Waals surface area contributed by atoms with E-state index in [1.54, 1.807) is 13.0 Å². The highest BCUT2D eigenvalue weighted by Crippen LogP contribution is 2.27. The molecule has 6 nitrogen and oxygen atoms in total. The van der Waals surface area contributed by atoms with Crippen LogP contribution < -0.4 is 11.3 Å². The summed E-state index contributed by atoms with van der Waals surface area (Å²) in [7, 11) is 0. The van der Waals surface area contributed by atoms with Gasteiger partial charge >= 0.3 is 6.18 Å². The third kappa shape index (κ3) is 3.19. The highest BCUT2D eigenvalue weighted by molar-refractivity contribution is 5.33. The van der Waals surface area contributed by atoms with Crippen LogP contribution in [0.2, 0.25) is 0 Å². The largest absolute Gasteiger partial charge is 0.435 e. The van der Waals surface area contributed by atoms with Crippen molar-refractivity contribution in [1.29, 1.82) is 0 Å². The van der Waals surface area contributed by atoms with Crippen molar-refractivity contribution in [3.63, 3.8) is 0 Å². The summed E-state index contributed by atoms with van der Waals surface area (Å²) in [5.74, 6) is 5.95. The average molecular weight is 272 g/mol. The Hall–Kier alpha value is -2.16. The zero-order valence-corrected chi connectivity index (χ0v) is 9.94. The molecule has 2 heterocycles. The number of aromatic nitrogens is 4. The van der Waals surface area contributed by atoms with E-state index in [1.165, 1.54) is 6.20 Å². The van der Waals surface area contributed by atoms with Crippen LogP contribution in [0.3, 0.4) is 0 Å². The third-order valence-electron chi connectivity index (χ3n) is 2.28. The van der Waals surface area contributed by atoms with E-state index in [1.807, 2.05) is 0 Å². The normalized spacial score (nSPS) is 11.6. The maximum Gasteiger partial charge on any atom is 0.435 e. The number of aryl methyl sites for hydroxylation is 1. The molecule has 3 N–H and O–H groups in total. The van der Waals surface area contributed by atoms with Crippen LogP contribution >= 0.6 is 0 Å². The number of nitrogen functional groups attached to an aromatic ring is 1. The van der Waals surface area contributed by atoms with Crippen molar-refractivity contribution in [1.82, 2.24) is 19.7 Å². The summed E-state index contributed by atoms with van der Waals surface area (Å²) in [4.78, 5) is 8.13. The Morgan fingerprint density at radius 3 is 2.68 bits per heavy atom. The van der Waals surface area contributed by atoms with Crippen molar-refractivity contribution in [2.75, 3.05) is 5.43 Å². The van der Waals surface area contributed by atoms with Gasteiger partial charge in [0.15, 0.2) is 11.5 Å². The van der Waals surface area contributed by atoms with E-state index in [0.29, 0.717) is 17.3 Å². The lowest BCUT2D eigenvalue weighted by Crippen LogP contribution is -2.13. The molecule has 19 heavy (non-hydrogen) atoms. The number of rotatable bonds is 3. The first kappa shape index (κ1) is 13.3. The number of halogens is 3. The molecule has 0 aliphatic carbocycles. The Bertz CT molecular complexity index is 577. The van der Waals surface area contributed by atoms with Crippen molar-refractivity contribution in [2.45, 2.75) is 19.6 Å². The highest BCUT2D eigenvalue weighted by atomic mass is 19.4. The Morgan fingerprint density at radius 1 is 1.37 bits per heavy atom. The number of nitrogens with one attached hydrogen (secondary N) is 1. The molecule has 0 amide bonds. The Kier molecular flexibility index (Phi) is 3.38. The maximum atomic E-state index is 12.4. The van der Waals surface area contributed by atoms with Crippen LogP contribution in [0, 0.1) is 6.92 Å². The van der Waals surface area contributed by atoms with Crippen LogP contribution in [-0.4, -0.2) is 19.7 Å². The Labute approximate surface area is 106 Å². The number of nitrogens with two attached hydrogens (primary N) is 1. The zero-order chi connectivity index (χ0) is 14.0. The molecule has 0 saturated heterocycles. The first-order valence-electron chi connectivity index (χ1n) is 5.30. The lowest BCUT2D eigenvalue weighted by atomic mass is 10.4. The van der Waals surface area contributed by atoms with Crippen LogP contribution in [-0.2, 0) is 12.7 Å². The summed E-state index contributed by atoms with van der Waals surface area (Å²) in [5, 5.41) is 3.42. The summed E-state index contributed by atoms with van der Waals surface area (Å²) in [6, 6.07) is 2.52. The molecule has 2 aromatic rings. The van der Waals surface area contributed by atoms with Gasteiger partial charge in [-0.25, -0.2) is 15.8 Å². The third-order valence-corrected chi connectivity index (χ3v) is 2.28. The number of hydrazine groups is 1. The molecule has 2 rings (SSSR count). The number of alkyl halides is 3. The van der Waals surface area contributed by atoms with Crippen molar-refractivity contribution >= 4 is 5.82 Å². The smallest absolute Gasteiger partial charge is 0.308 e. The highest BCUT2D eigenvalue weighted by Gasteiger charge is 2.33. The van der Waals surface area contributed by atoms with Crippen LogP contribution in [0.15, 0.2) is 18.3 Å². The zero-order valence-electron chi connectivity index (χ0n) is 9.94. The molecule has 0 aliphatic heterocycles. The molecule has 0 saturated carbocycles. The van der Waals surface area contributed by atoms with E-state index in [2.05, 4.69) is 20.5 Å². The van der Waals surface area contributed by atoms with E-state index in [9.17, 15) is 13.2 Å². The molecular weight excluding hydrogens is 261 g/mol. The summed E-state index contributed by atoms with van der Waals surface area (Å²) >= 11 is 0. The summed E-state index contributed by atoms with van der Waals surface area (Å²) in [5.41, 5.74) is 2.07. The maximum absolute atomic E-state index is 12.4. The monoisotopic (exact) mass is 272 g/mol. The summed E-state index contributed by atoms with van der Waals surface area (Å²) < 4.78 is 38.3. The van der Waals surface area contributed by atoms with Gasteiger partial charge in [-0.1, -0.05) is 0 Å². The SMILES string of the molecule is Cc1cc(NN)nc(Cn2ccc(C(F)(F)F)n2)n1. The lowest BCUT2D eigenvalue weighted by Gasteiger charge is -2.05. The minimum Gasteiger partial charge on any atom is -0.308 e. The molecular formula is C10H11F3N6. The second kappa shape index (κ2) is 4.84. The first-order chi connectivity index (χ1) is 8.88. The molecule has 0 bridgehead atoms. The molecule has 0 spiro atoms. The predicted octanol–water partition coefficient (Wildman–Crippen LogP) is 1.33. The van der Waals surface area contributed by atoms with Crippen LogP contribution in [0.1, 0.15) is 17.2 Å². The molecule has 0 aliphatic rings. The fourth-order valence-corrected chi connectivity index (χ4v) is 1.52. The van der Waals surface area contributed by atoms with Gasteiger partial charge in [0, 0.05) is 18.0 Å². The van der Waals surface area contributed by atoms with Crippen molar-refractivity contribution in [3.8, 4) is 0 Å². The lowest BCUT2D eigenvalue weighted by molar-refractivity contribution is -0.141. The van der Waals surface area contributed by atoms with E-state index in [0.717, 1.165) is 10.7 Å². The van der Waals surface area contributed by atoms with Crippen LogP contribution in [0.5, 0.6) is 0 Å². The molecule has 2 aromatic heterocycles. The Balaban J connectivity index is 2.21. The number of hydrogen-bond donors (Lipinski definition) is 2. The number of nitrogens with zero attached hydrogens (tertiary/aromatic N) is 4. The molecule has 0 atom stereocenters. The van der Waals surface area contributed by atoms with Gasteiger partial charge in [-0.3, -0.25) is 4.68 Å².